The Bertz CT molecular complexity index is 814. The van der Waals surface area contributed by atoms with Gasteiger partial charge < -0.3 is 14.0 Å². The van der Waals surface area contributed by atoms with Gasteiger partial charge in [-0.25, -0.2) is 0 Å². The minimum Gasteiger partial charge on any atom is -0.493 e. The maximum absolute atomic E-state index is 13.0. The molecule has 2 heterocycles. The van der Waals surface area contributed by atoms with Crippen molar-refractivity contribution in [1.82, 2.24) is 4.57 Å². The number of fused-ring (bicyclic) bond motifs is 1. The number of methoxy groups -OCH3 is 2. The molecule has 0 radical (unpaired) electrons. The van der Waals surface area contributed by atoms with Crippen LogP contribution in [0.5, 0.6) is 11.5 Å². The summed E-state index contributed by atoms with van der Waals surface area (Å²) in [7, 11) is 3.23. The highest BCUT2D eigenvalue weighted by atomic mass is 79.9. The van der Waals surface area contributed by atoms with Crippen LogP contribution in [0.2, 0.25) is 0 Å². The van der Waals surface area contributed by atoms with Crippen LogP contribution < -0.4 is 9.47 Å². The normalized spacial score (nSPS) is 27.1. The Morgan fingerprint density at radius 3 is 2.57 bits per heavy atom. The van der Waals surface area contributed by atoms with E-state index in [1.807, 2.05) is 41.1 Å². The lowest BCUT2D eigenvalue weighted by Crippen LogP contribution is -2.18. The van der Waals surface area contributed by atoms with Crippen LogP contribution in [0, 0.1) is 5.41 Å². The Hall–Kier alpha value is -1.27. The minimum absolute atomic E-state index is 0.0298. The van der Waals surface area contributed by atoms with Gasteiger partial charge in [0.25, 0.3) is 0 Å². The summed E-state index contributed by atoms with van der Waals surface area (Å²) >= 11 is 7.50. The maximum Gasteiger partial charge on any atom is 0.190 e. The summed E-state index contributed by atoms with van der Waals surface area (Å²) in [5, 5.41) is 0. The number of carbonyl (C=O) groups is 1. The van der Waals surface area contributed by atoms with E-state index in [0.717, 1.165) is 11.3 Å². The highest BCUT2D eigenvalue weighted by Crippen LogP contribution is 2.79. The highest BCUT2D eigenvalue weighted by molar-refractivity contribution is 9.25. The van der Waals surface area contributed by atoms with Crippen molar-refractivity contribution in [2.45, 2.75) is 15.7 Å². The molecule has 2 aromatic rings. The second-order valence-corrected chi connectivity index (χ2v) is 9.56. The Morgan fingerprint density at radius 1 is 1.17 bits per heavy atom. The third kappa shape index (κ3) is 1.79. The molecule has 1 saturated carbocycles. The zero-order valence-corrected chi connectivity index (χ0v) is 15.8. The van der Waals surface area contributed by atoms with Crippen molar-refractivity contribution >= 4 is 37.6 Å². The molecule has 120 valence electrons. The van der Waals surface area contributed by atoms with Crippen LogP contribution in [0.4, 0.5) is 0 Å². The van der Waals surface area contributed by atoms with E-state index in [1.54, 1.807) is 14.2 Å². The van der Waals surface area contributed by atoms with E-state index in [0.29, 0.717) is 18.0 Å². The van der Waals surface area contributed by atoms with E-state index < -0.39 is 8.65 Å². The number of rotatable bonds is 3. The van der Waals surface area contributed by atoms with Crippen molar-refractivity contribution in [2.75, 3.05) is 14.2 Å². The topological polar surface area (TPSA) is 40.5 Å². The van der Waals surface area contributed by atoms with E-state index in [9.17, 15) is 4.79 Å². The number of halogens is 2. The van der Waals surface area contributed by atoms with Gasteiger partial charge in [0.1, 0.15) is 3.23 Å². The summed E-state index contributed by atoms with van der Waals surface area (Å²) in [6.07, 6.45) is 1.96. The van der Waals surface area contributed by atoms with Crippen molar-refractivity contribution in [3.8, 4) is 11.5 Å². The van der Waals surface area contributed by atoms with Crippen molar-refractivity contribution < 1.29 is 14.3 Å². The van der Waals surface area contributed by atoms with Gasteiger partial charge in [-0.1, -0.05) is 37.9 Å². The monoisotopic (exact) mass is 439 g/mol. The highest BCUT2D eigenvalue weighted by Gasteiger charge is 2.80. The number of benzene rings is 1. The van der Waals surface area contributed by atoms with Crippen molar-refractivity contribution in [3.05, 3.63) is 47.8 Å². The fraction of sp³-hybridized carbons (Fsp3) is 0.353. The van der Waals surface area contributed by atoms with Crippen LogP contribution in [0.25, 0.3) is 0 Å². The van der Waals surface area contributed by atoms with Gasteiger partial charge in [0.2, 0.25) is 0 Å². The van der Waals surface area contributed by atoms with Crippen LogP contribution in [-0.2, 0) is 6.54 Å². The molecule has 0 amide bonds. The molecule has 4 nitrogen and oxygen atoms in total. The molecule has 0 N–H and O–H groups in total. The van der Waals surface area contributed by atoms with E-state index in [1.165, 1.54) is 0 Å². The summed E-state index contributed by atoms with van der Waals surface area (Å²) in [5.74, 6) is 1.57. The fourth-order valence-corrected chi connectivity index (χ4v) is 5.94. The molecular formula is C17H15Br2NO3. The lowest BCUT2D eigenvalue weighted by atomic mass is 9.95. The van der Waals surface area contributed by atoms with Gasteiger partial charge in [-0.15, -0.1) is 0 Å². The summed E-state index contributed by atoms with van der Waals surface area (Å²) in [6.45, 7) is 0.670. The van der Waals surface area contributed by atoms with Gasteiger partial charge in [-0.3, -0.25) is 4.79 Å². The standard InChI is InChI=1S/C17H15Br2NO3/c1-22-12-6-5-10(8-13(12)23-2)14-16(17(14,18)19)9-20-7-3-4-11(20)15(16)21/h3-8,14H,9H2,1-2H3/t14-,16+/m1/s1. The number of aromatic nitrogens is 1. The molecule has 1 fully saturated rings. The summed E-state index contributed by atoms with van der Waals surface area (Å²) in [6, 6.07) is 9.64. The molecule has 0 unspecified atom stereocenters. The number of ketones is 1. The molecule has 1 aliphatic heterocycles. The van der Waals surface area contributed by atoms with Crippen LogP contribution in [0.15, 0.2) is 36.5 Å². The molecule has 6 heteroatoms. The first-order valence-corrected chi connectivity index (χ1v) is 8.85. The maximum atomic E-state index is 13.0. The molecule has 4 rings (SSSR count). The number of Topliss-reactive ketones (excluding diaryl/α,β-unsaturated/α-hetero) is 1. The average Bonchev–Trinajstić information content (AvgIpc) is 2.87. The van der Waals surface area contributed by atoms with Gasteiger partial charge in [-0.2, -0.15) is 0 Å². The predicted octanol–water partition coefficient (Wildman–Crippen LogP) is 3.97. The van der Waals surface area contributed by atoms with Gasteiger partial charge in [0, 0.05) is 18.7 Å². The molecule has 0 bridgehead atoms. The molecule has 1 aromatic heterocycles. The molecular weight excluding hydrogens is 426 g/mol. The van der Waals surface area contributed by atoms with E-state index in [2.05, 4.69) is 31.9 Å². The minimum atomic E-state index is -0.497. The molecule has 1 spiro atoms. The van der Waals surface area contributed by atoms with Crippen molar-refractivity contribution in [3.63, 3.8) is 0 Å². The van der Waals surface area contributed by atoms with Crippen LogP contribution in [0.3, 0.4) is 0 Å². The molecule has 23 heavy (non-hydrogen) atoms. The van der Waals surface area contributed by atoms with Gasteiger partial charge in [0.15, 0.2) is 17.3 Å². The van der Waals surface area contributed by atoms with Crippen LogP contribution >= 0.6 is 31.9 Å². The zero-order valence-electron chi connectivity index (χ0n) is 12.7. The first-order valence-electron chi connectivity index (χ1n) is 7.27. The largest absolute Gasteiger partial charge is 0.493 e. The quantitative estimate of drug-likeness (QED) is 0.678. The van der Waals surface area contributed by atoms with Gasteiger partial charge in [0.05, 0.1) is 25.3 Å². The molecule has 2 atom stereocenters. The van der Waals surface area contributed by atoms with Crippen molar-refractivity contribution in [2.24, 2.45) is 5.41 Å². The Morgan fingerprint density at radius 2 is 1.91 bits per heavy atom. The molecule has 2 aliphatic rings. The third-order valence-corrected chi connectivity index (χ3v) is 7.33. The Balaban J connectivity index is 1.77. The number of hydrogen-bond donors (Lipinski definition) is 0. The van der Waals surface area contributed by atoms with E-state index in [-0.39, 0.29) is 11.7 Å². The zero-order chi connectivity index (χ0) is 16.4. The van der Waals surface area contributed by atoms with Crippen molar-refractivity contribution in [1.29, 1.82) is 0 Å². The number of ether oxygens (including phenoxy) is 2. The fourth-order valence-electron chi connectivity index (χ4n) is 3.79. The lowest BCUT2D eigenvalue weighted by Gasteiger charge is -2.11. The third-order valence-electron chi connectivity index (χ3n) is 4.99. The summed E-state index contributed by atoms with van der Waals surface area (Å²) in [4.78, 5) is 13.0. The van der Waals surface area contributed by atoms with E-state index >= 15 is 0 Å². The second kappa shape index (κ2) is 4.86. The Labute approximate surface area is 151 Å². The summed E-state index contributed by atoms with van der Waals surface area (Å²) in [5.41, 5.74) is 1.33. The van der Waals surface area contributed by atoms with Crippen LogP contribution in [0.1, 0.15) is 22.0 Å². The molecule has 0 saturated heterocycles. The number of carbonyl (C=O) groups excluding carboxylic acids is 1. The van der Waals surface area contributed by atoms with E-state index in [4.69, 9.17) is 9.47 Å². The first-order chi connectivity index (χ1) is 11.0. The molecule has 1 aromatic carbocycles. The summed E-state index contributed by atoms with van der Waals surface area (Å²) < 4.78 is 12.3. The van der Waals surface area contributed by atoms with Gasteiger partial charge >= 0.3 is 0 Å². The lowest BCUT2D eigenvalue weighted by molar-refractivity contribution is 0.0914. The van der Waals surface area contributed by atoms with Gasteiger partial charge in [-0.05, 0) is 29.8 Å². The molecule has 1 aliphatic carbocycles. The SMILES string of the molecule is COc1ccc([C@H]2C(Br)(Br)[C@@]23Cn2cccc2C3=O)cc1OC. The predicted molar refractivity (Wildman–Crippen MR) is 94.1 cm³/mol. The number of hydrogen-bond acceptors (Lipinski definition) is 3. The smallest absolute Gasteiger partial charge is 0.190 e. The number of alkyl halides is 2. The number of nitrogens with zero attached hydrogens (tertiary/aromatic N) is 1. The Kier molecular flexibility index (Phi) is 3.23. The average molecular weight is 441 g/mol. The van der Waals surface area contributed by atoms with Crippen LogP contribution in [-0.4, -0.2) is 27.8 Å². The second-order valence-electron chi connectivity index (χ2n) is 5.99. The first kappa shape index (κ1) is 15.3.